The van der Waals surface area contributed by atoms with Crippen LogP contribution in [0, 0.1) is 22.7 Å². The predicted octanol–water partition coefficient (Wildman–Crippen LogP) is 2.52. The Bertz CT molecular complexity index is 799. The van der Waals surface area contributed by atoms with Crippen LogP contribution >= 0.6 is 0 Å². The largest absolute Gasteiger partial charge is 0.462 e. The number of epoxide rings is 1. The Morgan fingerprint density at radius 1 is 1.21 bits per heavy atom. The van der Waals surface area contributed by atoms with Gasteiger partial charge in [-0.15, -0.1) is 0 Å². The van der Waals surface area contributed by atoms with Gasteiger partial charge in [0.2, 0.25) is 0 Å². The Morgan fingerprint density at radius 2 is 1.93 bits per heavy atom. The number of ether oxygens (including phenoxy) is 3. The zero-order chi connectivity index (χ0) is 20.2. The van der Waals surface area contributed by atoms with Gasteiger partial charge in [0, 0.05) is 35.8 Å². The molecule has 0 bridgehead atoms. The maximum Gasteiger partial charge on any atom is 0.334 e. The summed E-state index contributed by atoms with van der Waals surface area (Å²) in [6, 6.07) is 0. The van der Waals surface area contributed by atoms with Crippen LogP contribution in [0.2, 0.25) is 0 Å². The van der Waals surface area contributed by atoms with E-state index < -0.39 is 6.10 Å². The fourth-order valence-electron chi connectivity index (χ4n) is 7.43. The summed E-state index contributed by atoms with van der Waals surface area (Å²) >= 11 is 0. The van der Waals surface area contributed by atoms with E-state index in [4.69, 9.17) is 14.2 Å². The number of rotatable bonds is 1. The van der Waals surface area contributed by atoms with Gasteiger partial charge >= 0.3 is 11.9 Å². The van der Waals surface area contributed by atoms with Crippen LogP contribution in [0.25, 0.3) is 0 Å². The quantitative estimate of drug-likeness (QED) is 0.547. The van der Waals surface area contributed by atoms with Crippen LogP contribution in [0.1, 0.15) is 60.3 Å². The van der Waals surface area contributed by atoms with Crippen LogP contribution in [-0.4, -0.2) is 47.1 Å². The average Bonchev–Trinajstić information content (AvgIpc) is 3.24. The van der Waals surface area contributed by atoms with Gasteiger partial charge in [-0.3, -0.25) is 4.79 Å². The number of fused-ring (bicyclic) bond motifs is 4. The smallest absolute Gasteiger partial charge is 0.334 e. The summed E-state index contributed by atoms with van der Waals surface area (Å²) in [7, 11) is 0. The molecule has 2 heterocycles. The van der Waals surface area contributed by atoms with E-state index in [0.29, 0.717) is 18.4 Å². The first kappa shape index (κ1) is 18.6. The van der Waals surface area contributed by atoms with Crippen molar-refractivity contribution < 1.29 is 28.9 Å². The van der Waals surface area contributed by atoms with Crippen molar-refractivity contribution in [1.29, 1.82) is 0 Å². The molecule has 0 amide bonds. The minimum atomic E-state index is -0.523. The maximum atomic E-state index is 12.2. The monoisotopic (exact) mass is 390 g/mol. The fraction of sp³-hybridized carbons (Fsp3) is 0.818. The first-order chi connectivity index (χ1) is 13.0. The van der Waals surface area contributed by atoms with Crippen molar-refractivity contribution in [2.75, 3.05) is 0 Å². The van der Waals surface area contributed by atoms with Crippen molar-refractivity contribution in [2.45, 2.75) is 90.3 Å². The van der Waals surface area contributed by atoms with Gasteiger partial charge in [0.25, 0.3) is 0 Å². The molecule has 5 aliphatic rings. The lowest BCUT2D eigenvalue weighted by molar-refractivity contribution is -0.226. The van der Waals surface area contributed by atoms with Gasteiger partial charge in [-0.25, -0.2) is 4.79 Å². The number of hydrogen-bond acceptors (Lipinski definition) is 6. The molecule has 0 unspecified atom stereocenters. The Labute approximate surface area is 165 Å². The summed E-state index contributed by atoms with van der Waals surface area (Å²) in [5.41, 5.74) is 0.824. The molecule has 2 aliphatic heterocycles. The Morgan fingerprint density at radius 3 is 2.61 bits per heavy atom. The lowest BCUT2D eigenvalue weighted by Crippen LogP contribution is -2.66. The molecule has 154 valence electrons. The molecule has 1 N–H and O–H groups in total. The van der Waals surface area contributed by atoms with Crippen molar-refractivity contribution in [1.82, 2.24) is 0 Å². The van der Waals surface area contributed by atoms with E-state index in [1.54, 1.807) is 0 Å². The number of aliphatic hydroxyl groups is 1. The molecule has 0 aromatic carbocycles. The summed E-state index contributed by atoms with van der Waals surface area (Å²) in [6.07, 6.45) is 1.77. The van der Waals surface area contributed by atoms with Crippen LogP contribution in [0.3, 0.4) is 0 Å². The summed E-state index contributed by atoms with van der Waals surface area (Å²) in [6.45, 7) is 9.73. The maximum absolute atomic E-state index is 12.2. The first-order valence-electron chi connectivity index (χ1n) is 10.5. The predicted molar refractivity (Wildman–Crippen MR) is 99.1 cm³/mol. The molecular weight excluding hydrogens is 360 g/mol. The highest BCUT2D eigenvalue weighted by Crippen LogP contribution is 2.72. The number of carbonyl (C=O) groups excluding carboxylic acids is 2. The minimum absolute atomic E-state index is 0.0617. The molecule has 1 saturated heterocycles. The topological polar surface area (TPSA) is 85.4 Å². The number of esters is 2. The third-order valence-corrected chi connectivity index (χ3v) is 8.90. The second-order valence-electron chi connectivity index (χ2n) is 10.3. The molecule has 0 aromatic heterocycles. The van der Waals surface area contributed by atoms with Crippen molar-refractivity contribution in [3.8, 4) is 0 Å². The highest BCUT2D eigenvalue weighted by atomic mass is 16.6. The van der Waals surface area contributed by atoms with Crippen LogP contribution < -0.4 is 0 Å². The summed E-state index contributed by atoms with van der Waals surface area (Å²) < 4.78 is 17.9. The third-order valence-electron chi connectivity index (χ3n) is 8.90. The van der Waals surface area contributed by atoms with Gasteiger partial charge in [0.1, 0.15) is 23.9 Å². The van der Waals surface area contributed by atoms with Gasteiger partial charge in [-0.1, -0.05) is 20.8 Å². The van der Waals surface area contributed by atoms with Gasteiger partial charge in [0.15, 0.2) is 0 Å². The van der Waals surface area contributed by atoms with Crippen LogP contribution in [0.15, 0.2) is 11.1 Å². The minimum Gasteiger partial charge on any atom is -0.462 e. The second kappa shape index (κ2) is 5.39. The molecule has 5 rings (SSSR count). The molecule has 6 nitrogen and oxygen atoms in total. The van der Waals surface area contributed by atoms with Gasteiger partial charge in [-0.05, 0) is 37.5 Å². The second-order valence-corrected chi connectivity index (χ2v) is 10.3. The molecule has 1 spiro atoms. The SMILES string of the molecule is CC(=O)O[C@@H]1C[C@@H](O)C(C)(C)[C@H]2CC[C@@]34O[C@@H]3C3=C(C)C(=O)O[C@@H]3C[C@H]4[C@@]21C. The first-order valence-corrected chi connectivity index (χ1v) is 10.5. The zero-order valence-corrected chi connectivity index (χ0v) is 17.3. The normalized spacial score (nSPS) is 50.7. The van der Waals surface area contributed by atoms with Gasteiger partial charge < -0.3 is 19.3 Å². The summed E-state index contributed by atoms with van der Waals surface area (Å²) in [5, 5.41) is 10.9. The van der Waals surface area contributed by atoms with E-state index >= 15 is 0 Å². The number of hydrogen-bond donors (Lipinski definition) is 1. The highest BCUT2D eigenvalue weighted by molar-refractivity contribution is 5.92. The molecule has 8 atom stereocenters. The molecule has 0 aromatic rings. The molecular formula is C22H30O6. The third kappa shape index (κ3) is 2.06. The Hall–Kier alpha value is -1.40. The van der Waals surface area contributed by atoms with Gasteiger partial charge in [-0.2, -0.15) is 0 Å². The number of aliphatic hydroxyl groups excluding tert-OH is 1. The van der Waals surface area contributed by atoms with E-state index in [9.17, 15) is 14.7 Å². The van der Waals surface area contributed by atoms with E-state index in [0.717, 1.165) is 18.4 Å². The highest BCUT2D eigenvalue weighted by Gasteiger charge is 2.77. The van der Waals surface area contributed by atoms with Crippen LogP contribution in [0.5, 0.6) is 0 Å². The van der Waals surface area contributed by atoms with Gasteiger partial charge in [0.05, 0.1) is 6.10 Å². The van der Waals surface area contributed by atoms with Crippen LogP contribution in [0.4, 0.5) is 0 Å². The van der Waals surface area contributed by atoms with Crippen molar-refractivity contribution >= 4 is 11.9 Å². The van der Waals surface area contributed by atoms with E-state index in [2.05, 4.69) is 20.8 Å². The van der Waals surface area contributed by atoms with E-state index in [1.165, 1.54) is 6.92 Å². The average molecular weight is 390 g/mol. The molecule has 3 saturated carbocycles. The fourth-order valence-corrected chi connectivity index (χ4v) is 7.43. The van der Waals surface area contributed by atoms with Crippen LogP contribution in [-0.2, 0) is 23.8 Å². The lowest BCUT2D eigenvalue weighted by atomic mass is 9.42. The summed E-state index contributed by atoms with van der Waals surface area (Å²) in [4.78, 5) is 24.1. The van der Waals surface area contributed by atoms with Crippen molar-refractivity contribution in [3.05, 3.63) is 11.1 Å². The molecule has 0 radical (unpaired) electrons. The van der Waals surface area contributed by atoms with Crippen molar-refractivity contribution in [3.63, 3.8) is 0 Å². The van der Waals surface area contributed by atoms with Crippen molar-refractivity contribution in [2.24, 2.45) is 22.7 Å². The standard InChI is InChI=1S/C22H30O6/c1-10-17-12(27-19(10)25)8-14-21(5)13(6-7-22(14)18(17)28-22)20(3,4)15(24)9-16(21)26-11(2)23/h12-16,18,24H,6-9H2,1-5H3/t12-,13-,14+,15-,16-,18-,21-,22+/m1/s1. The Kier molecular flexibility index (Phi) is 3.59. The molecule has 28 heavy (non-hydrogen) atoms. The number of carbonyl (C=O) groups is 2. The molecule has 3 aliphatic carbocycles. The molecule has 6 heteroatoms. The Balaban J connectivity index is 1.59. The molecule has 4 fully saturated rings. The van der Waals surface area contributed by atoms with E-state index in [-0.39, 0.29) is 58.5 Å². The lowest BCUT2D eigenvalue weighted by Gasteiger charge is -2.63. The summed E-state index contributed by atoms with van der Waals surface area (Å²) in [5.74, 6) is -0.240. The zero-order valence-electron chi connectivity index (χ0n) is 17.3. The van der Waals surface area contributed by atoms with E-state index in [1.807, 2.05) is 6.92 Å².